The number of hydrogen-bond donors (Lipinski definition) is 1. The molecule has 0 saturated heterocycles. The molecule has 2 rings (SSSR count). The zero-order valence-electron chi connectivity index (χ0n) is 13.6. The Kier molecular flexibility index (Phi) is 5.53. The molecule has 0 aliphatic carbocycles. The van der Waals surface area contributed by atoms with Crippen molar-refractivity contribution in [2.24, 2.45) is 0 Å². The van der Waals surface area contributed by atoms with Crippen LogP contribution in [0.15, 0.2) is 42.5 Å². The van der Waals surface area contributed by atoms with Crippen LogP contribution in [-0.2, 0) is 4.79 Å². The Labute approximate surface area is 143 Å². The van der Waals surface area contributed by atoms with Gasteiger partial charge in [-0.25, -0.2) is 0 Å². The predicted molar refractivity (Wildman–Crippen MR) is 89.5 cm³/mol. The lowest BCUT2D eigenvalue weighted by Gasteiger charge is -2.16. The Morgan fingerprint density at radius 2 is 2.00 bits per heavy atom. The number of nitro groups is 1. The van der Waals surface area contributed by atoms with E-state index in [1.54, 1.807) is 24.3 Å². The molecule has 0 unspecified atom stereocenters. The number of rotatable bonds is 6. The van der Waals surface area contributed by atoms with Crippen LogP contribution in [0.5, 0.6) is 11.5 Å². The fourth-order valence-corrected chi connectivity index (χ4v) is 2.05. The lowest BCUT2D eigenvalue weighted by molar-refractivity contribution is -0.384. The van der Waals surface area contributed by atoms with Crippen LogP contribution in [0.2, 0.25) is 0 Å². The number of nitrogens with one attached hydrogen (secondary N) is 1. The second kappa shape index (κ2) is 7.79. The van der Waals surface area contributed by atoms with E-state index in [0.29, 0.717) is 5.56 Å². The van der Waals surface area contributed by atoms with Crippen molar-refractivity contribution in [2.45, 2.75) is 13.0 Å². The topological polar surface area (TPSA) is 114 Å². The summed E-state index contributed by atoms with van der Waals surface area (Å²) in [6.45, 7) is 1.51. The van der Waals surface area contributed by atoms with Crippen molar-refractivity contribution in [2.75, 3.05) is 12.4 Å². The number of hydrogen-bond acceptors (Lipinski definition) is 6. The minimum Gasteiger partial charge on any atom is -0.495 e. The number of anilines is 1. The summed E-state index contributed by atoms with van der Waals surface area (Å²) in [5.41, 5.74) is 0.278. The summed E-state index contributed by atoms with van der Waals surface area (Å²) >= 11 is 0. The van der Waals surface area contributed by atoms with Crippen LogP contribution in [0.25, 0.3) is 0 Å². The summed E-state index contributed by atoms with van der Waals surface area (Å²) in [6.07, 6.45) is -0.932. The standard InChI is InChI=1S/C17H15N3O5/c1-11(25-15-6-4-3-5-12(15)10-18)17(21)19-14-9-13(20(22)23)7-8-16(14)24-2/h3-9,11H,1-2H3,(H,19,21)/t11-/m1/s1. The molecule has 0 radical (unpaired) electrons. The lowest BCUT2D eigenvalue weighted by atomic mass is 10.2. The highest BCUT2D eigenvalue weighted by Gasteiger charge is 2.19. The zero-order valence-corrected chi connectivity index (χ0v) is 13.6. The van der Waals surface area contributed by atoms with Crippen LogP contribution in [0.1, 0.15) is 12.5 Å². The van der Waals surface area contributed by atoms with E-state index in [1.165, 1.54) is 32.2 Å². The second-order valence-electron chi connectivity index (χ2n) is 5.00. The molecule has 1 atom stereocenters. The number of nitriles is 1. The molecule has 8 nitrogen and oxygen atoms in total. The quantitative estimate of drug-likeness (QED) is 0.638. The molecule has 0 aliphatic heterocycles. The molecule has 0 fully saturated rings. The lowest BCUT2D eigenvalue weighted by Crippen LogP contribution is -2.30. The smallest absolute Gasteiger partial charge is 0.271 e. The molecule has 2 aromatic carbocycles. The van der Waals surface area contributed by atoms with Crippen molar-refractivity contribution in [3.05, 3.63) is 58.1 Å². The monoisotopic (exact) mass is 341 g/mol. The zero-order chi connectivity index (χ0) is 18.4. The Morgan fingerprint density at radius 3 is 2.64 bits per heavy atom. The van der Waals surface area contributed by atoms with E-state index in [9.17, 15) is 14.9 Å². The van der Waals surface area contributed by atoms with Gasteiger partial charge in [0, 0.05) is 12.1 Å². The number of nitro benzene ring substituents is 1. The molecular formula is C17H15N3O5. The minimum atomic E-state index is -0.932. The van der Waals surface area contributed by atoms with Crippen molar-refractivity contribution in [1.29, 1.82) is 5.26 Å². The van der Waals surface area contributed by atoms with Crippen molar-refractivity contribution in [3.63, 3.8) is 0 Å². The number of carbonyl (C=O) groups excluding carboxylic acids is 1. The van der Waals surface area contributed by atoms with E-state index in [-0.39, 0.29) is 22.9 Å². The van der Waals surface area contributed by atoms with Crippen LogP contribution in [0.3, 0.4) is 0 Å². The van der Waals surface area contributed by atoms with Gasteiger partial charge >= 0.3 is 0 Å². The highest BCUT2D eigenvalue weighted by atomic mass is 16.6. The van der Waals surface area contributed by atoms with E-state index < -0.39 is 16.9 Å². The minimum absolute atomic E-state index is 0.158. The molecule has 0 saturated carbocycles. The molecule has 0 aromatic heterocycles. The maximum Gasteiger partial charge on any atom is 0.271 e. The third-order valence-electron chi connectivity index (χ3n) is 3.33. The summed E-state index contributed by atoms with van der Waals surface area (Å²) in [5, 5.41) is 22.5. The van der Waals surface area contributed by atoms with Gasteiger partial charge in [0.25, 0.3) is 11.6 Å². The van der Waals surface area contributed by atoms with E-state index in [2.05, 4.69) is 5.32 Å². The van der Waals surface area contributed by atoms with Gasteiger partial charge in [-0.3, -0.25) is 14.9 Å². The Bertz CT molecular complexity index is 844. The van der Waals surface area contributed by atoms with Crippen molar-refractivity contribution < 1.29 is 19.2 Å². The number of ether oxygens (including phenoxy) is 2. The summed E-state index contributed by atoms with van der Waals surface area (Å²) in [4.78, 5) is 22.6. The van der Waals surface area contributed by atoms with Crippen molar-refractivity contribution in [1.82, 2.24) is 0 Å². The Morgan fingerprint density at radius 1 is 1.28 bits per heavy atom. The molecule has 0 heterocycles. The predicted octanol–water partition coefficient (Wildman–Crippen LogP) is 2.88. The van der Waals surface area contributed by atoms with Gasteiger partial charge in [0.05, 0.1) is 23.3 Å². The average Bonchev–Trinajstić information content (AvgIpc) is 2.61. The fraction of sp³-hybridized carbons (Fsp3) is 0.176. The van der Waals surface area contributed by atoms with E-state index in [4.69, 9.17) is 14.7 Å². The summed E-state index contributed by atoms with van der Waals surface area (Å²) in [6, 6.07) is 12.4. The van der Waals surface area contributed by atoms with Gasteiger partial charge in [0.2, 0.25) is 0 Å². The van der Waals surface area contributed by atoms with Crippen LogP contribution < -0.4 is 14.8 Å². The SMILES string of the molecule is COc1ccc([N+](=O)[O-])cc1NC(=O)[C@@H](C)Oc1ccccc1C#N. The number of benzene rings is 2. The number of para-hydroxylation sites is 1. The molecule has 1 N–H and O–H groups in total. The first-order valence-electron chi connectivity index (χ1n) is 7.25. The molecule has 0 spiro atoms. The highest BCUT2D eigenvalue weighted by molar-refractivity contribution is 5.95. The molecule has 8 heteroatoms. The maximum absolute atomic E-state index is 12.3. The summed E-state index contributed by atoms with van der Waals surface area (Å²) < 4.78 is 10.6. The van der Waals surface area contributed by atoms with Gasteiger partial charge < -0.3 is 14.8 Å². The number of non-ortho nitro benzene ring substituents is 1. The average molecular weight is 341 g/mol. The van der Waals surface area contributed by atoms with E-state index in [0.717, 1.165) is 0 Å². The molecule has 128 valence electrons. The van der Waals surface area contributed by atoms with E-state index >= 15 is 0 Å². The van der Waals surface area contributed by atoms with Crippen LogP contribution >= 0.6 is 0 Å². The van der Waals surface area contributed by atoms with Gasteiger partial charge in [-0.05, 0) is 25.1 Å². The van der Waals surface area contributed by atoms with Crippen molar-refractivity contribution in [3.8, 4) is 17.6 Å². The highest BCUT2D eigenvalue weighted by Crippen LogP contribution is 2.29. The first-order chi connectivity index (χ1) is 12.0. The van der Waals surface area contributed by atoms with Gasteiger partial charge in [0.15, 0.2) is 6.10 Å². The summed E-state index contributed by atoms with van der Waals surface area (Å²) in [7, 11) is 1.39. The largest absolute Gasteiger partial charge is 0.495 e. The van der Waals surface area contributed by atoms with Crippen molar-refractivity contribution >= 4 is 17.3 Å². The second-order valence-corrected chi connectivity index (χ2v) is 5.00. The molecule has 0 aliphatic rings. The maximum atomic E-state index is 12.3. The van der Waals surface area contributed by atoms with Gasteiger partial charge in [-0.1, -0.05) is 12.1 Å². The Balaban J connectivity index is 2.17. The Hall–Kier alpha value is -3.60. The molecular weight excluding hydrogens is 326 g/mol. The third kappa shape index (κ3) is 4.23. The molecule has 25 heavy (non-hydrogen) atoms. The normalized spacial score (nSPS) is 11.1. The van der Waals surface area contributed by atoms with E-state index in [1.807, 2.05) is 6.07 Å². The summed E-state index contributed by atoms with van der Waals surface area (Å²) in [5.74, 6) is 0.0220. The third-order valence-corrected chi connectivity index (χ3v) is 3.33. The van der Waals surface area contributed by atoms with Crippen LogP contribution in [-0.4, -0.2) is 24.0 Å². The molecule has 1 amide bonds. The number of carbonyl (C=O) groups is 1. The molecule has 0 bridgehead atoms. The van der Waals surface area contributed by atoms with Gasteiger partial charge in [-0.15, -0.1) is 0 Å². The first kappa shape index (κ1) is 17.7. The number of amides is 1. The van der Waals surface area contributed by atoms with Crippen LogP contribution in [0.4, 0.5) is 11.4 Å². The first-order valence-corrected chi connectivity index (χ1v) is 7.25. The van der Waals surface area contributed by atoms with Gasteiger partial charge in [-0.2, -0.15) is 5.26 Å². The number of nitrogens with zero attached hydrogens (tertiary/aromatic N) is 2. The fourth-order valence-electron chi connectivity index (χ4n) is 2.05. The van der Waals surface area contributed by atoms with Gasteiger partial charge in [0.1, 0.15) is 17.6 Å². The van der Waals surface area contributed by atoms with Crippen LogP contribution in [0, 0.1) is 21.4 Å². The number of methoxy groups -OCH3 is 1. The molecule has 2 aromatic rings.